The second kappa shape index (κ2) is 6.43. The number of halogens is 1. The van der Waals surface area contributed by atoms with Gasteiger partial charge in [-0.15, -0.1) is 0 Å². The zero-order valence-electron chi connectivity index (χ0n) is 10.6. The average molecular weight is 302 g/mol. The fourth-order valence-electron chi connectivity index (χ4n) is 2.36. The summed E-state index contributed by atoms with van der Waals surface area (Å²) in [5.74, 6) is 0.492. The molecule has 0 aromatic carbocycles. The van der Waals surface area contributed by atoms with Crippen molar-refractivity contribution < 1.29 is 4.92 Å². The molecule has 19 heavy (non-hydrogen) atoms. The van der Waals surface area contributed by atoms with E-state index in [-0.39, 0.29) is 10.8 Å². The van der Waals surface area contributed by atoms with Gasteiger partial charge in [0.2, 0.25) is 0 Å². The summed E-state index contributed by atoms with van der Waals surface area (Å²) in [5.41, 5.74) is -0.0280. The van der Waals surface area contributed by atoms with Gasteiger partial charge in [-0.25, -0.2) is 4.98 Å². The smallest absolute Gasteiger partial charge is 0.276 e. The zero-order valence-corrected chi connectivity index (χ0v) is 12.2. The van der Waals surface area contributed by atoms with Crippen LogP contribution in [0.25, 0.3) is 0 Å². The average Bonchev–Trinajstić information content (AvgIpc) is 2.38. The first-order valence-electron chi connectivity index (χ1n) is 6.20. The number of nitrogens with zero attached hydrogens (tertiary/aromatic N) is 2. The van der Waals surface area contributed by atoms with Crippen molar-refractivity contribution in [1.29, 1.82) is 0 Å². The van der Waals surface area contributed by atoms with Crippen LogP contribution in [-0.4, -0.2) is 27.5 Å². The molecule has 2 rings (SSSR count). The summed E-state index contributed by atoms with van der Waals surface area (Å²) in [6, 6.07) is 3.02. The van der Waals surface area contributed by atoms with E-state index >= 15 is 0 Å². The first-order chi connectivity index (χ1) is 9.08. The number of hydrogen-bond donors (Lipinski definition) is 1. The molecule has 5 nitrogen and oxygen atoms in total. The Morgan fingerprint density at radius 3 is 3.00 bits per heavy atom. The number of thioether (sulfide) groups is 1. The molecule has 1 fully saturated rings. The van der Waals surface area contributed by atoms with E-state index in [1.54, 1.807) is 0 Å². The van der Waals surface area contributed by atoms with Crippen LogP contribution < -0.4 is 5.32 Å². The van der Waals surface area contributed by atoms with Gasteiger partial charge in [0.25, 0.3) is 5.69 Å². The van der Waals surface area contributed by atoms with Crippen LogP contribution in [0.4, 0.5) is 11.5 Å². The van der Waals surface area contributed by atoms with Crippen LogP contribution in [0.15, 0.2) is 12.1 Å². The van der Waals surface area contributed by atoms with Crippen molar-refractivity contribution in [2.75, 3.05) is 11.6 Å². The zero-order chi connectivity index (χ0) is 13.8. The summed E-state index contributed by atoms with van der Waals surface area (Å²) in [4.78, 5) is 14.4. The number of aromatic nitrogens is 1. The Balaban J connectivity index is 2.08. The highest BCUT2D eigenvalue weighted by molar-refractivity contribution is 7.99. The molecule has 1 aromatic rings. The topological polar surface area (TPSA) is 68.1 Å². The van der Waals surface area contributed by atoms with Crippen molar-refractivity contribution in [3.05, 3.63) is 27.4 Å². The van der Waals surface area contributed by atoms with Gasteiger partial charge in [-0.05, 0) is 25.5 Å². The maximum Gasteiger partial charge on any atom is 0.276 e. The first-order valence-corrected chi connectivity index (χ1v) is 7.86. The van der Waals surface area contributed by atoms with Crippen molar-refractivity contribution in [1.82, 2.24) is 4.98 Å². The molecular weight excluding hydrogens is 286 g/mol. The molecule has 0 bridgehead atoms. The molecule has 0 amide bonds. The molecule has 1 aliphatic carbocycles. The fourth-order valence-corrected chi connectivity index (χ4v) is 3.39. The van der Waals surface area contributed by atoms with Crippen LogP contribution in [0.5, 0.6) is 0 Å². The van der Waals surface area contributed by atoms with Crippen LogP contribution in [0, 0.1) is 10.1 Å². The monoisotopic (exact) mass is 301 g/mol. The van der Waals surface area contributed by atoms with Gasteiger partial charge in [0.15, 0.2) is 0 Å². The lowest BCUT2D eigenvalue weighted by Crippen LogP contribution is -2.28. The highest BCUT2D eigenvalue weighted by atomic mass is 35.5. The Bertz CT molecular complexity index is 472. The molecule has 1 aromatic heterocycles. The molecule has 0 radical (unpaired) electrons. The minimum Gasteiger partial charge on any atom is -0.367 e. The predicted octanol–water partition coefficient (Wildman–Crippen LogP) is 3.73. The van der Waals surface area contributed by atoms with Crippen LogP contribution in [0.1, 0.15) is 25.7 Å². The largest absolute Gasteiger partial charge is 0.367 e. The minimum absolute atomic E-state index is 0.0280. The van der Waals surface area contributed by atoms with Crippen LogP contribution in [-0.2, 0) is 0 Å². The van der Waals surface area contributed by atoms with Gasteiger partial charge in [0.1, 0.15) is 11.0 Å². The fraction of sp³-hybridized carbons (Fsp3) is 0.583. The van der Waals surface area contributed by atoms with Crippen molar-refractivity contribution >= 4 is 34.9 Å². The van der Waals surface area contributed by atoms with Gasteiger partial charge in [-0.2, -0.15) is 11.8 Å². The van der Waals surface area contributed by atoms with Crippen molar-refractivity contribution in [2.24, 2.45) is 0 Å². The minimum atomic E-state index is -0.454. The predicted molar refractivity (Wildman–Crippen MR) is 79.1 cm³/mol. The molecule has 0 aliphatic heterocycles. The second-order valence-electron chi connectivity index (χ2n) is 4.66. The molecular formula is C12H16ClN3O2S. The van der Waals surface area contributed by atoms with E-state index in [9.17, 15) is 10.1 Å². The van der Waals surface area contributed by atoms with Crippen LogP contribution >= 0.6 is 23.4 Å². The van der Waals surface area contributed by atoms with Gasteiger partial charge >= 0.3 is 0 Å². The maximum absolute atomic E-state index is 10.8. The van der Waals surface area contributed by atoms with Gasteiger partial charge < -0.3 is 5.32 Å². The van der Waals surface area contributed by atoms with E-state index < -0.39 is 4.92 Å². The van der Waals surface area contributed by atoms with Crippen LogP contribution in [0.2, 0.25) is 5.15 Å². The lowest BCUT2D eigenvalue weighted by atomic mass is 9.95. The van der Waals surface area contributed by atoms with Crippen molar-refractivity contribution in [3.63, 3.8) is 0 Å². The third-order valence-electron chi connectivity index (χ3n) is 3.30. The summed E-state index contributed by atoms with van der Waals surface area (Å²) < 4.78 is 0. The summed E-state index contributed by atoms with van der Waals surface area (Å²) >= 11 is 7.68. The quantitative estimate of drug-likeness (QED) is 0.521. The molecule has 0 spiro atoms. The Kier molecular flexibility index (Phi) is 4.87. The third kappa shape index (κ3) is 3.98. The number of hydrogen-bond acceptors (Lipinski definition) is 5. The van der Waals surface area contributed by atoms with E-state index in [4.69, 9.17) is 11.6 Å². The Labute approximate surface area is 121 Å². The van der Waals surface area contributed by atoms with E-state index in [1.165, 1.54) is 25.0 Å². The number of rotatable bonds is 4. The van der Waals surface area contributed by atoms with Gasteiger partial charge in [0, 0.05) is 11.3 Å². The molecule has 7 heteroatoms. The van der Waals surface area contributed by atoms with Crippen molar-refractivity contribution in [2.45, 2.75) is 37.0 Å². The molecule has 1 N–H and O–H groups in total. The number of pyridine rings is 1. The number of anilines is 1. The first kappa shape index (κ1) is 14.4. The normalized spacial score (nSPS) is 23.1. The van der Waals surface area contributed by atoms with E-state index in [0.717, 1.165) is 12.8 Å². The molecule has 2 atom stereocenters. The molecule has 1 saturated carbocycles. The highest BCUT2D eigenvalue weighted by Gasteiger charge is 2.22. The Morgan fingerprint density at radius 2 is 2.32 bits per heavy atom. The van der Waals surface area contributed by atoms with Gasteiger partial charge in [0.05, 0.1) is 17.1 Å². The lowest BCUT2D eigenvalue weighted by molar-refractivity contribution is -0.384. The van der Waals surface area contributed by atoms with E-state index in [2.05, 4.69) is 16.6 Å². The standard InChI is InChI=1S/C12H16ClN3O2S/c1-19-10-4-2-3-8(5-10)14-12-7-9(16(17)18)6-11(13)15-12/h6-8,10H,2-5H2,1H3,(H,14,15). The third-order valence-corrected chi connectivity index (χ3v) is 4.59. The van der Waals surface area contributed by atoms with Crippen molar-refractivity contribution in [3.8, 4) is 0 Å². The van der Waals surface area contributed by atoms with E-state index in [1.807, 2.05) is 11.8 Å². The van der Waals surface area contributed by atoms with E-state index in [0.29, 0.717) is 17.1 Å². The summed E-state index contributed by atoms with van der Waals surface area (Å²) in [7, 11) is 0. The highest BCUT2D eigenvalue weighted by Crippen LogP contribution is 2.29. The van der Waals surface area contributed by atoms with Gasteiger partial charge in [-0.1, -0.05) is 18.0 Å². The SMILES string of the molecule is CSC1CCCC(Nc2cc([N+](=O)[O-])cc(Cl)n2)C1. The number of nitrogens with one attached hydrogen (secondary N) is 1. The molecule has 1 heterocycles. The number of nitro groups is 1. The van der Waals surface area contributed by atoms with Gasteiger partial charge in [-0.3, -0.25) is 10.1 Å². The molecule has 2 unspecified atom stereocenters. The summed E-state index contributed by atoms with van der Waals surface area (Å²) in [6.07, 6.45) is 6.66. The summed E-state index contributed by atoms with van der Waals surface area (Å²) in [5, 5.41) is 14.9. The lowest BCUT2D eigenvalue weighted by Gasteiger charge is -2.28. The molecule has 0 saturated heterocycles. The Hall–Kier alpha value is -1.01. The molecule has 104 valence electrons. The van der Waals surface area contributed by atoms with Crippen LogP contribution in [0.3, 0.4) is 0 Å². The maximum atomic E-state index is 10.8. The molecule has 1 aliphatic rings. The second-order valence-corrected chi connectivity index (χ2v) is 6.18. The summed E-state index contributed by atoms with van der Waals surface area (Å²) in [6.45, 7) is 0. The Morgan fingerprint density at radius 1 is 1.53 bits per heavy atom.